The van der Waals surface area contributed by atoms with Crippen LogP contribution in [-0.2, 0) is 66.7 Å². The largest absolute Gasteiger partial charge is 0.488 e. The van der Waals surface area contributed by atoms with E-state index in [1.807, 2.05) is 6.92 Å². The number of aryl methyl sites for hydroxylation is 2. The predicted octanol–water partition coefficient (Wildman–Crippen LogP) is 1.74. The summed E-state index contributed by atoms with van der Waals surface area (Å²) in [5, 5.41) is 0. The molecule has 0 fully saturated rings. The van der Waals surface area contributed by atoms with Gasteiger partial charge in [-0.2, -0.15) is 0 Å². The molecule has 18 nitrogen and oxygen atoms in total. The zero-order valence-corrected chi connectivity index (χ0v) is 29.8. The summed E-state index contributed by atoms with van der Waals surface area (Å²) in [7, 11) is 1.20. The zero-order chi connectivity index (χ0) is 38.6. The second kappa shape index (κ2) is 21.9. The Hall–Kier alpha value is -6.07. The molecule has 52 heavy (non-hydrogen) atoms. The molecule has 0 aliphatic carbocycles. The summed E-state index contributed by atoms with van der Waals surface area (Å²) in [5.74, 6) is -4.56. The van der Waals surface area contributed by atoms with E-state index in [0.717, 1.165) is 31.9 Å². The topological polar surface area (TPSA) is 209 Å². The third-order valence-electron chi connectivity index (χ3n) is 6.46. The van der Waals surface area contributed by atoms with E-state index in [4.69, 9.17) is 28.4 Å². The number of carbonyl (C=O) groups excluding carboxylic acids is 7. The average molecular weight is 735 g/mol. The lowest BCUT2D eigenvalue weighted by Gasteiger charge is -2.26. The molecule has 0 aromatic heterocycles. The number of benzene rings is 2. The molecule has 2 aromatic rings. The van der Waals surface area contributed by atoms with E-state index in [-0.39, 0.29) is 36.9 Å². The molecule has 2 aromatic carbocycles. The van der Waals surface area contributed by atoms with Crippen molar-refractivity contribution >= 4 is 53.2 Å². The van der Waals surface area contributed by atoms with Crippen LogP contribution < -0.4 is 19.3 Å². The van der Waals surface area contributed by atoms with Gasteiger partial charge in [-0.25, -0.2) is 0 Å². The first-order valence-corrected chi connectivity index (χ1v) is 15.6. The maximum Gasteiger partial charge on any atom is 0.328 e. The van der Waals surface area contributed by atoms with Crippen LogP contribution in [0.4, 0.5) is 11.4 Å². The smallest absolute Gasteiger partial charge is 0.328 e. The molecule has 0 radical (unpaired) electrons. The van der Waals surface area contributed by atoms with E-state index in [9.17, 15) is 33.6 Å². The Kier molecular flexibility index (Phi) is 17.7. The lowest BCUT2D eigenvalue weighted by atomic mass is 10.2. The minimum Gasteiger partial charge on any atom is -0.488 e. The summed E-state index contributed by atoms with van der Waals surface area (Å²) < 4.78 is 45.6. The van der Waals surface area contributed by atoms with E-state index in [1.165, 1.54) is 16.9 Å². The number of nitrogens with zero attached hydrogens (tertiary/aromatic N) is 2. The molecule has 0 bridgehead atoms. The lowest BCUT2D eigenvalue weighted by molar-refractivity contribution is -0.167. The molecule has 0 amide bonds. The third kappa shape index (κ3) is 16.1. The molecule has 0 N–H and O–H groups in total. The summed E-state index contributed by atoms with van der Waals surface area (Å²) in [4.78, 5) is 85.8. The summed E-state index contributed by atoms with van der Waals surface area (Å²) >= 11 is 0. The number of rotatable bonds is 21. The first-order valence-electron chi connectivity index (χ1n) is 15.6. The van der Waals surface area contributed by atoms with E-state index in [2.05, 4.69) is 14.2 Å². The Morgan fingerprint density at radius 1 is 0.500 bits per heavy atom. The number of hydrogen-bond acceptors (Lipinski definition) is 18. The van der Waals surface area contributed by atoms with Gasteiger partial charge in [-0.3, -0.25) is 33.6 Å². The Bertz CT molecular complexity index is 1540. The number of methoxy groups -OCH3 is 1. The molecule has 284 valence electrons. The van der Waals surface area contributed by atoms with Crippen molar-refractivity contribution in [2.45, 2.75) is 34.6 Å². The monoisotopic (exact) mass is 734 g/mol. The van der Waals surface area contributed by atoms with Gasteiger partial charge in [0.15, 0.2) is 0 Å². The lowest BCUT2D eigenvalue weighted by Crippen LogP contribution is -2.37. The molecular formula is C34H42N2O16. The van der Waals surface area contributed by atoms with Gasteiger partial charge in [0.05, 0.1) is 18.5 Å². The third-order valence-corrected chi connectivity index (χ3v) is 6.46. The molecule has 0 heterocycles. The van der Waals surface area contributed by atoms with Crippen LogP contribution >= 0.6 is 0 Å². The van der Waals surface area contributed by atoms with E-state index >= 15 is 0 Å². The Balaban J connectivity index is 2.25. The SMILES string of the molecule is COC(=O)CN(CC(=O)OCOC(C)=O)c1ccc(C)cc1OCCOc1cc(C)ccc1N(CC(=O)OCOC(C)=O)CC(=O)OCOC(C)=O. The van der Waals surface area contributed by atoms with Crippen molar-refractivity contribution in [2.75, 3.05) is 76.7 Å². The van der Waals surface area contributed by atoms with Crippen molar-refractivity contribution in [1.29, 1.82) is 0 Å². The highest BCUT2D eigenvalue weighted by Gasteiger charge is 2.23. The van der Waals surface area contributed by atoms with Crippen molar-refractivity contribution < 1.29 is 76.2 Å². The van der Waals surface area contributed by atoms with E-state index in [1.54, 1.807) is 43.3 Å². The first-order chi connectivity index (χ1) is 24.7. The van der Waals surface area contributed by atoms with Crippen LogP contribution in [0.3, 0.4) is 0 Å². The molecule has 18 heteroatoms. The second-order valence-electron chi connectivity index (χ2n) is 10.7. The highest BCUT2D eigenvalue weighted by atomic mass is 16.7. The van der Waals surface area contributed by atoms with Gasteiger partial charge in [0.1, 0.15) is 50.9 Å². The van der Waals surface area contributed by atoms with Crippen molar-refractivity contribution in [2.24, 2.45) is 0 Å². The fourth-order valence-corrected chi connectivity index (χ4v) is 4.11. The van der Waals surface area contributed by atoms with Gasteiger partial charge < -0.3 is 52.4 Å². The average Bonchev–Trinajstić information content (AvgIpc) is 3.05. The van der Waals surface area contributed by atoms with Gasteiger partial charge in [0.2, 0.25) is 20.4 Å². The fourth-order valence-electron chi connectivity index (χ4n) is 4.11. The normalized spacial score (nSPS) is 10.2. The zero-order valence-electron chi connectivity index (χ0n) is 29.8. The summed E-state index contributed by atoms with van der Waals surface area (Å²) in [6.07, 6.45) is 0. The van der Waals surface area contributed by atoms with Crippen molar-refractivity contribution in [3.8, 4) is 11.5 Å². The second-order valence-corrected chi connectivity index (χ2v) is 10.7. The molecule has 2 rings (SSSR count). The number of carbonyl (C=O) groups is 7. The number of esters is 7. The number of hydrogen-bond donors (Lipinski definition) is 0. The van der Waals surface area contributed by atoms with Crippen LogP contribution in [0.15, 0.2) is 36.4 Å². The molecule has 0 aliphatic rings. The van der Waals surface area contributed by atoms with Gasteiger partial charge in [-0.05, 0) is 49.2 Å². The van der Waals surface area contributed by atoms with Crippen LogP contribution in [-0.4, -0.2) is 109 Å². The molecule has 0 saturated carbocycles. The van der Waals surface area contributed by atoms with Crippen LogP contribution in [0.2, 0.25) is 0 Å². The standard InChI is InChI=1S/C34H42N2O16/c1-22-7-9-27(35(15-31(40)44-6)16-32(41)50-19-47-24(3)37)29(13-22)45-11-12-46-30-14-23(2)8-10-28(30)36(17-33(42)51-20-48-25(4)38)18-34(43)52-21-49-26(5)39/h7-10,13-14H,11-12,15-21H2,1-6H3. The van der Waals surface area contributed by atoms with Gasteiger partial charge >= 0.3 is 41.8 Å². The van der Waals surface area contributed by atoms with Crippen LogP contribution in [0.5, 0.6) is 11.5 Å². The summed E-state index contributed by atoms with van der Waals surface area (Å²) in [5.41, 5.74) is 2.21. The van der Waals surface area contributed by atoms with Crippen LogP contribution in [0.1, 0.15) is 31.9 Å². The quantitative estimate of drug-likeness (QED) is 0.0774. The minimum atomic E-state index is -0.845. The Labute approximate surface area is 299 Å². The maximum atomic E-state index is 12.6. The van der Waals surface area contributed by atoms with Gasteiger partial charge in [0, 0.05) is 20.8 Å². The van der Waals surface area contributed by atoms with Crippen LogP contribution in [0.25, 0.3) is 0 Å². The van der Waals surface area contributed by atoms with Crippen molar-refractivity contribution in [3.63, 3.8) is 0 Å². The highest BCUT2D eigenvalue weighted by Crippen LogP contribution is 2.32. The molecule has 0 spiro atoms. The van der Waals surface area contributed by atoms with Gasteiger partial charge in [-0.15, -0.1) is 0 Å². The van der Waals surface area contributed by atoms with Crippen molar-refractivity contribution in [1.82, 2.24) is 0 Å². The summed E-state index contributed by atoms with van der Waals surface area (Å²) in [6, 6.07) is 10.1. The molecule has 0 unspecified atom stereocenters. The Morgan fingerprint density at radius 3 is 1.13 bits per heavy atom. The predicted molar refractivity (Wildman–Crippen MR) is 178 cm³/mol. The summed E-state index contributed by atoms with van der Waals surface area (Å²) in [6.45, 7) is 3.31. The molecular weight excluding hydrogens is 692 g/mol. The number of ether oxygens (including phenoxy) is 9. The van der Waals surface area contributed by atoms with Crippen LogP contribution in [0, 0.1) is 13.8 Å². The maximum absolute atomic E-state index is 12.6. The van der Waals surface area contributed by atoms with Gasteiger partial charge in [-0.1, -0.05) is 12.1 Å². The fraction of sp³-hybridized carbons (Fsp3) is 0.441. The minimum absolute atomic E-state index is 0.0539. The first kappa shape index (κ1) is 42.1. The Morgan fingerprint density at radius 2 is 0.827 bits per heavy atom. The van der Waals surface area contributed by atoms with Crippen molar-refractivity contribution in [3.05, 3.63) is 47.5 Å². The number of anilines is 2. The van der Waals surface area contributed by atoms with E-state index in [0.29, 0.717) is 5.69 Å². The molecule has 0 saturated heterocycles. The highest BCUT2D eigenvalue weighted by molar-refractivity contribution is 5.84. The van der Waals surface area contributed by atoms with E-state index < -0.39 is 81.8 Å². The molecule has 0 aliphatic heterocycles. The van der Waals surface area contributed by atoms with Gasteiger partial charge in [0.25, 0.3) is 0 Å². The molecule has 0 atom stereocenters.